The summed E-state index contributed by atoms with van der Waals surface area (Å²) in [5.74, 6) is -0.673. The van der Waals surface area contributed by atoms with E-state index < -0.39 is 11.4 Å². The van der Waals surface area contributed by atoms with E-state index >= 15 is 0 Å². The predicted octanol–water partition coefficient (Wildman–Crippen LogP) is 3.07. The van der Waals surface area contributed by atoms with Crippen LogP contribution in [0.1, 0.15) is 43.4 Å². The molecule has 2 atom stereocenters. The van der Waals surface area contributed by atoms with E-state index in [1.165, 1.54) is 24.5 Å². The Labute approximate surface area is 177 Å². The number of ether oxygens (including phenoxy) is 2. The van der Waals surface area contributed by atoms with E-state index in [4.69, 9.17) is 9.47 Å². The van der Waals surface area contributed by atoms with E-state index in [1.54, 1.807) is 31.1 Å². The topological polar surface area (TPSA) is 88.7 Å². The molecule has 1 amide bonds. The van der Waals surface area contributed by atoms with E-state index in [1.807, 2.05) is 12.1 Å². The molecule has 0 unspecified atom stereocenters. The quantitative estimate of drug-likeness (QED) is 0.602. The van der Waals surface area contributed by atoms with Gasteiger partial charge in [0.1, 0.15) is 0 Å². The van der Waals surface area contributed by atoms with Crippen molar-refractivity contribution in [2.75, 3.05) is 20.8 Å². The molecule has 2 fully saturated rings. The van der Waals surface area contributed by atoms with Gasteiger partial charge in [-0.1, -0.05) is 11.3 Å². The third kappa shape index (κ3) is 2.46. The summed E-state index contributed by atoms with van der Waals surface area (Å²) in [5, 5.41) is 0.773. The Kier molecular flexibility index (Phi) is 4.05. The summed E-state index contributed by atoms with van der Waals surface area (Å²) >= 11 is 1.45. The number of aromatic amines is 1. The van der Waals surface area contributed by atoms with Crippen molar-refractivity contribution < 1.29 is 23.9 Å². The molecule has 2 aromatic heterocycles. The van der Waals surface area contributed by atoms with E-state index in [0.29, 0.717) is 34.8 Å². The number of carbonyl (C=O) groups excluding carboxylic acids is 3. The van der Waals surface area contributed by atoms with E-state index in [-0.39, 0.29) is 17.6 Å². The summed E-state index contributed by atoms with van der Waals surface area (Å²) in [5.41, 5.74) is 2.40. The number of carbonyl (C=O) groups is 3. The highest BCUT2D eigenvalue weighted by atomic mass is 32.1. The lowest BCUT2D eigenvalue weighted by Crippen LogP contribution is -2.33. The number of hydrogen-bond acceptors (Lipinski definition) is 6. The Morgan fingerprint density at radius 2 is 2.13 bits per heavy atom. The van der Waals surface area contributed by atoms with Gasteiger partial charge in [-0.3, -0.25) is 9.59 Å². The van der Waals surface area contributed by atoms with Gasteiger partial charge in [0.25, 0.3) is 5.91 Å². The maximum Gasteiger partial charge on any atom is 0.340 e. The lowest BCUT2D eigenvalue weighted by molar-refractivity contribution is -0.123. The minimum absolute atomic E-state index is 0.177. The summed E-state index contributed by atoms with van der Waals surface area (Å²) in [6.45, 7) is 2.29. The van der Waals surface area contributed by atoms with Gasteiger partial charge in [-0.05, 0) is 37.5 Å². The lowest BCUT2D eigenvalue weighted by atomic mass is 9.82. The molecule has 1 saturated heterocycles. The molecule has 1 aliphatic heterocycles. The Balaban J connectivity index is 1.49. The van der Waals surface area contributed by atoms with Crippen molar-refractivity contribution >= 4 is 35.1 Å². The molecular weight excluding hydrogens is 404 g/mol. The number of piperidine rings is 1. The van der Waals surface area contributed by atoms with Gasteiger partial charge in [0.15, 0.2) is 5.06 Å². The number of ketones is 1. The molecule has 1 spiro atoms. The van der Waals surface area contributed by atoms with Gasteiger partial charge in [0.05, 0.1) is 25.5 Å². The molecule has 30 heavy (non-hydrogen) atoms. The van der Waals surface area contributed by atoms with Crippen LogP contribution < -0.4 is 4.74 Å². The lowest BCUT2D eigenvalue weighted by Gasteiger charge is -2.27. The number of rotatable bonds is 4. The molecule has 8 heteroatoms. The highest BCUT2D eigenvalue weighted by Gasteiger charge is 2.68. The second-order valence-electron chi connectivity index (χ2n) is 7.78. The van der Waals surface area contributed by atoms with Crippen LogP contribution in [-0.2, 0) is 14.9 Å². The van der Waals surface area contributed by atoms with Crippen LogP contribution in [0.15, 0.2) is 30.0 Å². The van der Waals surface area contributed by atoms with Crippen LogP contribution in [0.3, 0.4) is 0 Å². The predicted molar refractivity (Wildman–Crippen MR) is 111 cm³/mol. The number of fused-ring (bicyclic) bond motifs is 1. The molecule has 1 saturated carbocycles. The molecular formula is C22H20N2O5S. The summed E-state index contributed by atoms with van der Waals surface area (Å²) in [6.07, 6.45) is 5.64. The zero-order valence-corrected chi connectivity index (χ0v) is 17.6. The van der Waals surface area contributed by atoms with Gasteiger partial charge in [-0.15, -0.1) is 0 Å². The summed E-state index contributed by atoms with van der Waals surface area (Å²) in [7, 11) is 2.94. The number of likely N-dealkylation sites (tertiary alicyclic amines) is 1. The molecule has 3 aliphatic rings. The van der Waals surface area contributed by atoms with Gasteiger partial charge < -0.3 is 19.4 Å². The molecule has 1 N–H and O–H groups in total. The van der Waals surface area contributed by atoms with E-state index in [0.717, 1.165) is 16.4 Å². The normalized spacial score (nSPS) is 23.7. The van der Waals surface area contributed by atoms with Crippen LogP contribution in [0.25, 0.3) is 6.08 Å². The largest absolute Gasteiger partial charge is 0.487 e. The monoisotopic (exact) mass is 424 g/mol. The van der Waals surface area contributed by atoms with Gasteiger partial charge in [-0.2, -0.15) is 0 Å². The number of amides is 1. The molecule has 2 aliphatic carbocycles. The third-order valence-corrected chi connectivity index (χ3v) is 7.26. The fraction of sp³-hybridized carbons (Fsp3) is 0.318. The number of allylic oxidation sites excluding steroid dienone is 2. The summed E-state index contributed by atoms with van der Waals surface area (Å²) in [4.78, 5) is 43.9. The molecule has 3 heterocycles. The molecule has 0 bridgehead atoms. The second-order valence-corrected chi connectivity index (χ2v) is 8.85. The Hall–Kier alpha value is -3.13. The molecule has 0 radical (unpaired) electrons. The molecule has 154 valence electrons. The fourth-order valence-corrected chi connectivity index (χ4v) is 5.58. The SMILES string of the molecule is COC(=O)c1c(C)[nH]c2c1[C@@]13C[C@@H]1CN(C(=O)/C=C/c1ccc(OC)s1)C3=CC2=O. The number of H-pyrrole nitrogens is 1. The number of esters is 1. The van der Waals surface area contributed by atoms with Crippen LogP contribution in [0.4, 0.5) is 0 Å². The molecule has 7 nitrogen and oxygen atoms in total. The zero-order chi connectivity index (χ0) is 21.2. The second kappa shape index (κ2) is 6.43. The maximum atomic E-state index is 13.0. The first kappa shape index (κ1) is 18.9. The average Bonchev–Trinajstić information content (AvgIpc) is 3.04. The highest BCUT2D eigenvalue weighted by molar-refractivity contribution is 7.14. The van der Waals surface area contributed by atoms with Crippen molar-refractivity contribution in [3.63, 3.8) is 0 Å². The Bertz CT molecular complexity index is 1170. The zero-order valence-electron chi connectivity index (χ0n) is 16.8. The Morgan fingerprint density at radius 3 is 2.83 bits per heavy atom. The number of thiophene rings is 1. The fourth-order valence-electron chi connectivity index (χ4n) is 4.86. The summed E-state index contributed by atoms with van der Waals surface area (Å²) < 4.78 is 10.2. The average molecular weight is 424 g/mol. The van der Waals surface area contributed by atoms with E-state index in [2.05, 4.69) is 4.98 Å². The van der Waals surface area contributed by atoms with Crippen LogP contribution in [0.5, 0.6) is 5.06 Å². The first-order valence-electron chi connectivity index (χ1n) is 9.62. The minimum atomic E-state index is -0.465. The minimum Gasteiger partial charge on any atom is -0.487 e. The van der Waals surface area contributed by atoms with Crippen LogP contribution in [0.2, 0.25) is 0 Å². The number of aryl methyl sites for hydroxylation is 1. The van der Waals surface area contributed by atoms with Crippen LogP contribution >= 0.6 is 11.3 Å². The molecule has 5 rings (SSSR count). The van der Waals surface area contributed by atoms with Crippen LogP contribution in [0, 0.1) is 12.8 Å². The summed E-state index contributed by atoms with van der Waals surface area (Å²) in [6, 6.07) is 3.73. The van der Waals surface area contributed by atoms with Gasteiger partial charge in [0.2, 0.25) is 5.78 Å². The first-order valence-corrected chi connectivity index (χ1v) is 10.4. The Morgan fingerprint density at radius 1 is 1.33 bits per heavy atom. The molecule has 0 aromatic carbocycles. The van der Waals surface area contributed by atoms with E-state index in [9.17, 15) is 14.4 Å². The van der Waals surface area contributed by atoms with Crippen LogP contribution in [-0.4, -0.2) is 48.3 Å². The highest BCUT2D eigenvalue weighted by Crippen LogP contribution is 2.67. The van der Waals surface area contributed by atoms with Crippen molar-refractivity contribution in [3.05, 3.63) is 57.4 Å². The number of nitrogens with one attached hydrogen (secondary N) is 1. The first-order chi connectivity index (χ1) is 14.4. The van der Waals surface area contributed by atoms with Crippen molar-refractivity contribution in [1.82, 2.24) is 9.88 Å². The number of methoxy groups -OCH3 is 2. The van der Waals surface area contributed by atoms with Gasteiger partial charge >= 0.3 is 5.97 Å². The van der Waals surface area contributed by atoms with Gasteiger partial charge in [-0.25, -0.2) is 4.79 Å². The van der Waals surface area contributed by atoms with Gasteiger partial charge in [0, 0.05) is 45.9 Å². The van der Waals surface area contributed by atoms with Crippen molar-refractivity contribution in [3.8, 4) is 5.06 Å². The standard InChI is InChI=1S/C22H20N2O5S/c1-11-18(21(27)29-3)19-20(23-11)14(25)8-15-22(19)9-12(22)10-24(15)16(26)6-4-13-5-7-17(28-2)30-13/h4-8,12,23H,9-10H2,1-3H3/b6-4+/t12-,22+/m1/s1. The van der Waals surface area contributed by atoms with Crippen molar-refractivity contribution in [2.45, 2.75) is 18.8 Å². The molecule has 2 aromatic rings. The third-order valence-electron chi connectivity index (χ3n) is 6.25. The number of hydrogen-bond donors (Lipinski definition) is 1. The smallest absolute Gasteiger partial charge is 0.340 e. The number of aromatic nitrogens is 1. The maximum absolute atomic E-state index is 13.0. The van der Waals surface area contributed by atoms with Crippen molar-refractivity contribution in [2.24, 2.45) is 5.92 Å². The number of nitrogens with zero attached hydrogens (tertiary/aromatic N) is 1. The van der Waals surface area contributed by atoms with Crippen molar-refractivity contribution in [1.29, 1.82) is 0 Å².